The van der Waals surface area contributed by atoms with Crippen LogP contribution in [-0.4, -0.2) is 4.58 Å². The topological polar surface area (TPSA) is 0 Å². The van der Waals surface area contributed by atoms with Gasteiger partial charge in [-0.25, -0.2) is 0 Å². The maximum Gasteiger partial charge on any atom is 0.0596 e. The minimum absolute atomic E-state index is 0.545. The van der Waals surface area contributed by atoms with Gasteiger partial charge >= 0.3 is 0 Å². The fraction of sp³-hybridized carbons (Fsp3) is 0.250. The Morgan fingerprint density at radius 3 is 1.80 bits per heavy atom. The minimum Gasteiger partial charge on any atom is -0.111 e. The summed E-state index contributed by atoms with van der Waals surface area (Å²) in [7, 11) is 0. The molecule has 2 rings (SSSR count). The molecule has 0 saturated heterocycles. The molecule has 0 nitrogen and oxygen atoms in total. The molecule has 0 aliphatic rings. The maximum atomic E-state index is 3.54. The molecule has 0 heterocycles. The highest BCUT2D eigenvalue weighted by Gasteiger charge is 2.12. The van der Waals surface area contributed by atoms with Crippen molar-refractivity contribution in [3.05, 3.63) is 57.5 Å². The smallest absolute Gasteiger partial charge is 0.0596 e. The molecule has 2 aromatic carbocycles. The first-order chi connectivity index (χ1) is 9.67. The highest BCUT2D eigenvalue weighted by atomic mass is 79.9. The Morgan fingerprint density at radius 2 is 1.40 bits per heavy atom. The third-order valence-electron chi connectivity index (χ3n) is 2.65. The molecule has 0 spiro atoms. The van der Waals surface area contributed by atoms with Crippen molar-refractivity contribution in [1.29, 1.82) is 0 Å². The average molecular weight is 432 g/mol. The first kappa shape index (κ1) is 16.5. The number of hydrogen-bond donors (Lipinski definition) is 0. The van der Waals surface area contributed by atoms with E-state index < -0.39 is 0 Å². The summed E-state index contributed by atoms with van der Waals surface area (Å²) in [5.74, 6) is 0. The zero-order valence-corrected chi connectivity index (χ0v) is 16.0. The Bertz CT molecular complexity index is 510. The van der Waals surface area contributed by atoms with Crippen LogP contribution in [0.25, 0.3) is 0 Å². The van der Waals surface area contributed by atoms with Gasteiger partial charge in [-0.3, -0.25) is 0 Å². The minimum atomic E-state index is 0.545. The molecule has 20 heavy (non-hydrogen) atoms. The summed E-state index contributed by atoms with van der Waals surface area (Å²) in [6.45, 7) is 2.25. The van der Waals surface area contributed by atoms with Crippen LogP contribution < -0.4 is 0 Å². The largest absolute Gasteiger partial charge is 0.111 e. The molecule has 0 aliphatic heterocycles. The first-order valence-electron chi connectivity index (χ1n) is 6.52. The van der Waals surface area contributed by atoms with Gasteiger partial charge in [-0.2, -0.15) is 0 Å². The van der Waals surface area contributed by atoms with Gasteiger partial charge in [-0.1, -0.05) is 57.3 Å². The fourth-order valence-electron chi connectivity index (χ4n) is 1.76. The Labute approximate surface area is 146 Å². The van der Waals surface area contributed by atoms with E-state index in [0.717, 1.165) is 8.95 Å². The fourth-order valence-corrected chi connectivity index (χ4v) is 5.74. The molecular formula is C16H16Br2S2. The van der Waals surface area contributed by atoms with Crippen LogP contribution in [-0.2, 0) is 0 Å². The van der Waals surface area contributed by atoms with E-state index in [1.807, 2.05) is 23.5 Å². The second-order valence-electron chi connectivity index (χ2n) is 4.37. The summed E-state index contributed by atoms with van der Waals surface area (Å²) in [6, 6.07) is 17.1. The Hall–Kier alpha value is 0.1000. The number of thioether (sulfide) groups is 2. The predicted octanol–water partition coefficient (Wildman–Crippen LogP) is 7.22. The van der Waals surface area contributed by atoms with Gasteiger partial charge in [-0.05, 0) is 42.8 Å². The van der Waals surface area contributed by atoms with Crippen molar-refractivity contribution in [3.63, 3.8) is 0 Å². The first-order valence-corrected chi connectivity index (χ1v) is 9.86. The van der Waals surface area contributed by atoms with Crippen LogP contribution in [0.5, 0.6) is 0 Å². The van der Waals surface area contributed by atoms with Gasteiger partial charge in [0, 0.05) is 18.7 Å². The summed E-state index contributed by atoms with van der Waals surface area (Å²) in [5, 5.41) is 0. The van der Waals surface area contributed by atoms with Crippen molar-refractivity contribution in [2.75, 3.05) is 0 Å². The maximum absolute atomic E-state index is 3.54. The van der Waals surface area contributed by atoms with Crippen LogP contribution in [0.15, 0.2) is 67.3 Å². The summed E-state index contributed by atoms with van der Waals surface area (Å²) in [5.41, 5.74) is 0. The lowest BCUT2D eigenvalue weighted by Gasteiger charge is -2.15. The van der Waals surface area contributed by atoms with Gasteiger partial charge < -0.3 is 0 Å². The lowest BCUT2D eigenvalue weighted by atomic mass is 10.4. The second-order valence-corrected chi connectivity index (χ2v) is 9.05. The predicted molar refractivity (Wildman–Crippen MR) is 98.7 cm³/mol. The second kappa shape index (κ2) is 8.52. The molecule has 0 amide bonds. The van der Waals surface area contributed by atoms with Crippen LogP contribution in [0.2, 0.25) is 0 Å². The SMILES string of the molecule is CCCC(Sc1cccc(Br)c1)Sc1cccc(Br)c1. The van der Waals surface area contributed by atoms with Crippen molar-refractivity contribution in [2.45, 2.75) is 34.1 Å². The van der Waals surface area contributed by atoms with Gasteiger partial charge in [0.15, 0.2) is 0 Å². The highest BCUT2D eigenvalue weighted by Crippen LogP contribution is 2.39. The third kappa shape index (κ3) is 5.47. The van der Waals surface area contributed by atoms with Gasteiger partial charge in [-0.15, -0.1) is 23.5 Å². The highest BCUT2D eigenvalue weighted by molar-refractivity contribution is 9.10. The molecule has 0 N–H and O–H groups in total. The lowest BCUT2D eigenvalue weighted by Crippen LogP contribution is -1.96. The molecular weight excluding hydrogens is 416 g/mol. The van der Waals surface area contributed by atoms with Crippen LogP contribution in [0, 0.1) is 0 Å². The Balaban J connectivity index is 2.07. The Morgan fingerprint density at radius 1 is 0.900 bits per heavy atom. The van der Waals surface area contributed by atoms with E-state index in [2.05, 4.69) is 87.3 Å². The van der Waals surface area contributed by atoms with E-state index in [4.69, 9.17) is 0 Å². The number of hydrogen-bond acceptors (Lipinski definition) is 2. The van der Waals surface area contributed by atoms with E-state index in [1.165, 1.54) is 22.6 Å². The third-order valence-corrected chi connectivity index (χ3v) is 6.26. The normalized spacial score (nSPS) is 11.0. The quantitative estimate of drug-likeness (QED) is 0.349. The number of rotatable bonds is 6. The average Bonchev–Trinajstić information content (AvgIpc) is 2.39. The Kier molecular flexibility index (Phi) is 7.02. The summed E-state index contributed by atoms with van der Waals surface area (Å²) in [6.07, 6.45) is 2.40. The molecule has 0 aromatic heterocycles. The van der Waals surface area contributed by atoms with Gasteiger partial charge in [0.2, 0.25) is 0 Å². The van der Waals surface area contributed by atoms with Crippen molar-refractivity contribution in [2.24, 2.45) is 0 Å². The monoisotopic (exact) mass is 430 g/mol. The zero-order chi connectivity index (χ0) is 14.4. The summed E-state index contributed by atoms with van der Waals surface area (Å²) >= 11 is 11.0. The summed E-state index contributed by atoms with van der Waals surface area (Å²) in [4.78, 5) is 2.64. The lowest BCUT2D eigenvalue weighted by molar-refractivity contribution is 0.869. The van der Waals surface area contributed by atoms with Crippen LogP contribution in [0.4, 0.5) is 0 Å². The molecule has 2 aromatic rings. The zero-order valence-electron chi connectivity index (χ0n) is 11.2. The van der Waals surface area contributed by atoms with Crippen molar-refractivity contribution in [1.82, 2.24) is 0 Å². The van der Waals surface area contributed by atoms with Gasteiger partial charge in [0.1, 0.15) is 0 Å². The number of benzene rings is 2. The molecule has 0 bridgehead atoms. The van der Waals surface area contributed by atoms with Crippen molar-refractivity contribution >= 4 is 55.4 Å². The van der Waals surface area contributed by atoms with Crippen LogP contribution >= 0.6 is 55.4 Å². The van der Waals surface area contributed by atoms with Crippen LogP contribution in [0.1, 0.15) is 19.8 Å². The molecule has 106 valence electrons. The molecule has 0 unspecified atom stereocenters. The summed E-state index contributed by atoms with van der Waals surface area (Å²) < 4.78 is 2.83. The molecule has 0 saturated carbocycles. The van der Waals surface area contributed by atoms with E-state index in [1.54, 1.807) is 0 Å². The molecule has 4 heteroatoms. The molecule has 0 fully saturated rings. The standard InChI is InChI=1S/C16H16Br2S2/c1-2-5-16(19-14-8-3-6-12(17)10-14)20-15-9-4-7-13(18)11-15/h3-4,6-11,16H,2,5H2,1H3. The van der Waals surface area contributed by atoms with E-state index in [-0.39, 0.29) is 0 Å². The molecule has 0 aliphatic carbocycles. The van der Waals surface area contributed by atoms with E-state index in [0.29, 0.717) is 4.58 Å². The van der Waals surface area contributed by atoms with Gasteiger partial charge in [0.05, 0.1) is 4.58 Å². The van der Waals surface area contributed by atoms with E-state index in [9.17, 15) is 0 Å². The molecule has 0 radical (unpaired) electrons. The van der Waals surface area contributed by atoms with Gasteiger partial charge in [0.25, 0.3) is 0 Å². The van der Waals surface area contributed by atoms with E-state index >= 15 is 0 Å². The van der Waals surface area contributed by atoms with Crippen molar-refractivity contribution in [3.8, 4) is 0 Å². The van der Waals surface area contributed by atoms with Crippen molar-refractivity contribution < 1.29 is 0 Å². The molecule has 0 atom stereocenters. The van der Waals surface area contributed by atoms with Crippen LogP contribution in [0.3, 0.4) is 0 Å². The number of halogens is 2.